The third kappa shape index (κ3) is 2.36. The van der Waals surface area contributed by atoms with Gasteiger partial charge in [-0.15, -0.1) is 11.8 Å². The molecule has 0 amide bonds. The fourth-order valence-electron chi connectivity index (χ4n) is 3.17. The van der Waals surface area contributed by atoms with Crippen molar-refractivity contribution in [3.8, 4) is 0 Å². The Morgan fingerprint density at radius 3 is 2.05 bits per heavy atom. The van der Waals surface area contributed by atoms with Gasteiger partial charge in [0.15, 0.2) is 0 Å². The second kappa shape index (κ2) is 5.94. The third-order valence-corrected chi connectivity index (χ3v) is 5.77. The van der Waals surface area contributed by atoms with Gasteiger partial charge in [0, 0.05) is 0 Å². The highest BCUT2D eigenvalue weighted by Crippen LogP contribution is 2.55. The average molecular weight is 298 g/mol. The van der Waals surface area contributed by atoms with Crippen LogP contribution in [0.3, 0.4) is 0 Å². The zero-order valence-electron chi connectivity index (χ0n) is 12.0. The molecule has 1 aliphatic heterocycles. The van der Waals surface area contributed by atoms with Crippen molar-refractivity contribution in [3.05, 3.63) is 71.8 Å². The molecule has 2 nitrogen and oxygen atoms in total. The minimum absolute atomic E-state index is 0.118. The van der Waals surface area contributed by atoms with Crippen molar-refractivity contribution >= 4 is 17.7 Å². The van der Waals surface area contributed by atoms with Crippen LogP contribution in [0.25, 0.3) is 0 Å². The highest BCUT2D eigenvalue weighted by molar-refractivity contribution is 8.00. The van der Waals surface area contributed by atoms with Crippen LogP contribution >= 0.6 is 11.8 Å². The summed E-state index contributed by atoms with van der Waals surface area (Å²) in [6.45, 7) is 0. The van der Waals surface area contributed by atoms with Crippen LogP contribution in [0.5, 0.6) is 0 Å². The van der Waals surface area contributed by atoms with Gasteiger partial charge in [-0.2, -0.15) is 0 Å². The van der Waals surface area contributed by atoms with Crippen LogP contribution in [0, 0.1) is 5.92 Å². The first-order chi connectivity index (χ1) is 10.3. The average Bonchev–Trinajstić information content (AvgIpc) is 3.02. The fourth-order valence-corrected chi connectivity index (χ4v) is 4.87. The van der Waals surface area contributed by atoms with Gasteiger partial charge in [-0.05, 0) is 23.3 Å². The van der Waals surface area contributed by atoms with Gasteiger partial charge in [0.1, 0.15) is 0 Å². The molecule has 21 heavy (non-hydrogen) atoms. The zero-order valence-corrected chi connectivity index (χ0v) is 12.8. The molecule has 3 rings (SSSR count). The summed E-state index contributed by atoms with van der Waals surface area (Å²) in [6, 6.07) is 20.6. The summed E-state index contributed by atoms with van der Waals surface area (Å²) in [4.78, 5) is 12.3. The molecule has 0 unspecified atom stereocenters. The molecule has 0 radical (unpaired) electrons. The van der Waals surface area contributed by atoms with Crippen molar-refractivity contribution in [1.82, 2.24) is 0 Å². The van der Waals surface area contributed by atoms with E-state index in [1.165, 1.54) is 18.2 Å². The summed E-state index contributed by atoms with van der Waals surface area (Å²) in [7, 11) is 1.48. The van der Waals surface area contributed by atoms with Crippen molar-refractivity contribution in [2.45, 2.75) is 11.2 Å². The summed E-state index contributed by atoms with van der Waals surface area (Å²) in [5.41, 5.74) is 2.35. The largest absolute Gasteiger partial charge is 0.469 e. The van der Waals surface area contributed by atoms with Crippen molar-refractivity contribution < 1.29 is 9.53 Å². The van der Waals surface area contributed by atoms with Crippen LogP contribution < -0.4 is 0 Å². The van der Waals surface area contributed by atoms with E-state index >= 15 is 0 Å². The van der Waals surface area contributed by atoms with Gasteiger partial charge in [-0.3, -0.25) is 4.79 Å². The Morgan fingerprint density at radius 2 is 1.57 bits per heavy atom. The van der Waals surface area contributed by atoms with Crippen molar-refractivity contribution in [2.24, 2.45) is 5.92 Å². The highest BCUT2D eigenvalue weighted by atomic mass is 32.2. The smallest absolute Gasteiger partial charge is 0.310 e. The molecule has 0 saturated carbocycles. The van der Waals surface area contributed by atoms with Crippen LogP contribution in [-0.4, -0.2) is 18.8 Å². The lowest BCUT2D eigenvalue weighted by atomic mass is 9.78. The predicted molar refractivity (Wildman–Crippen MR) is 86.2 cm³/mol. The van der Waals surface area contributed by atoms with Gasteiger partial charge < -0.3 is 4.74 Å². The molecular weight excluding hydrogens is 280 g/mol. The molecule has 0 aliphatic carbocycles. The molecule has 1 saturated heterocycles. The van der Waals surface area contributed by atoms with E-state index in [1.54, 1.807) is 0 Å². The summed E-state index contributed by atoms with van der Waals surface area (Å²) >= 11 is 1.85. The summed E-state index contributed by atoms with van der Waals surface area (Å²) < 4.78 is 4.74. The molecule has 0 aromatic heterocycles. The van der Waals surface area contributed by atoms with Gasteiger partial charge in [0.25, 0.3) is 0 Å². The van der Waals surface area contributed by atoms with Crippen molar-refractivity contribution in [1.29, 1.82) is 0 Å². The number of esters is 1. The SMILES string of the molecule is COC(=O)[C@@H]1CCSC1(c1ccccc1)c1ccccc1. The minimum atomic E-state index is -0.338. The van der Waals surface area contributed by atoms with E-state index in [2.05, 4.69) is 24.3 Å². The zero-order chi connectivity index (χ0) is 14.7. The normalized spacial score (nSPS) is 20.1. The molecule has 108 valence electrons. The lowest BCUT2D eigenvalue weighted by molar-refractivity contribution is -0.146. The first-order valence-corrected chi connectivity index (χ1v) is 8.10. The topological polar surface area (TPSA) is 26.3 Å². The number of hydrogen-bond acceptors (Lipinski definition) is 3. The maximum absolute atomic E-state index is 12.3. The maximum atomic E-state index is 12.3. The fraction of sp³-hybridized carbons (Fsp3) is 0.278. The number of thioether (sulfide) groups is 1. The van der Waals surface area contributed by atoms with Crippen LogP contribution in [-0.2, 0) is 14.3 Å². The third-order valence-electron chi connectivity index (χ3n) is 4.12. The number of rotatable bonds is 3. The summed E-state index contributed by atoms with van der Waals surface area (Å²) in [5.74, 6) is 0.703. The summed E-state index contributed by atoms with van der Waals surface area (Å²) in [6.07, 6.45) is 0.848. The second-order valence-corrected chi connectivity index (χ2v) is 6.52. The van der Waals surface area contributed by atoms with Crippen molar-refractivity contribution in [3.63, 3.8) is 0 Å². The van der Waals surface area contributed by atoms with E-state index in [9.17, 15) is 4.79 Å². The van der Waals surface area contributed by atoms with E-state index in [-0.39, 0.29) is 16.6 Å². The number of methoxy groups -OCH3 is 1. The molecule has 0 spiro atoms. The standard InChI is InChI=1S/C18H18O2S/c1-20-17(19)16-12-13-21-18(16,14-8-4-2-5-9-14)15-10-6-3-7-11-15/h2-11,16H,12-13H2,1H3/t16-/m0/s1. The lowest BCUT2D eigenvalue weighted by Gasteiger charge is -2.34. The van der Waals surface area contributed by atoms with E-state index in [1.807, 2.05) is 48.2 Å². The molecule has 1 atom stereocenters. The highest BCUT2D eigenvalue weighted by Gasteiger charge is 2.50. The Morgan fingerprint density at radius 1 is 1.05 bits per heavy atom. The van der Waals surface area contributed by atoms with E-state index in [4.69, 9.17) is 4.74 Å². The Labute approximate surface area is 129 Å². The quantitative estimate of drug-likeness (QED) is 0.805. The molecule has 1 aliphatic rings. The number of carbonyl (C=O) groups excluding carboxylic acids is 1. The van der Waals surface area contributed by atoms with Crippen LogP contribution in [0.4, 0.5) is 0 Å². The monoisotopic (exact) mass is 298 g/mol. The maximum Gasteiger partial charge on any atom is 0.310 e. The molecule has 1 fully saturated rings. The van der Waals surface area contributed by atoms with Gasteiger partial charge in [0.05, 0.1) is 17.8 Å². The van der Waals surface area contributed by atoms with Crippen LogP contribution in [0.1, 0.15) is 17.5 Å². The number of ether oxygens (including phenoxy) is 1. The van der Waals surface area contributed by atoms with Gasteiger partial charge >= 0.3 is 5.97 Å². The molecular formula is C18H18O2S. The molecule has 1 heterocycles. The van der Waals surface area contributed by atoms with Crippen LogP contribution in [0.15, 0.2) is 60.7 Å². The predicted octanol–water partition coefficient (Wildman–Crippen LogP) is 3.86. The minimum Gasteiger partial charge on any atom is -0.469 e. The first kappa shape index (κ1) is 14.2. The van der Waals surface area contributed by atoms with Gasteiger partial charge in [-0.25, -0.2) is 0 Å². The molecule has 2 aromatic rings. The molecule has 3 heteroatoms. The Balaban J connectivity index is 2.18. The Hall–Kier alpha value is -1.74. The Bertz CT molecular complexity index is 570. The van der Waals surface area contributed by atoms with Gasteiger partial charge in [0.2, 0.25) is 0 Å². The molecule has 0 bridgehead atoms. The van der Waals surface area contributed by atoms with E-state index in [0.29, 0.717) is 0 Å². The van der Waals surface area contributed by atoms with Gasteiger partial charge in [-0.1, -0.05) is 60.7 Å². The first-order valence-electron chi connectivity index (χ1n) is 7.12. The van der Waals surface area contributed by atoms with Crippen LogP contribution in [0.2, 0.25) is 0 Å². The number of carbonyl (C=O) groups is 1. The number of hydrogen-bond donors (Lipinski definition) is 0. The van der Waals surface area contributed by atoms with E-state index < -0.39 is 0 Å². The van der Waals surface area contributed by atoms with E-state index in [0.717, 1.165) is 12.2 Å². The van der Waals surface area contributed by atoms with Crippen molar-refractivity contribution in [2.75, 3.05) is 12.9 Å². The molecule has 0 N–H and O–H groups in total. The Kier molecular flexibility index (Phi) is 4.02. The summed E-state index contributed by atoms with van der Waals surface area (Å²) in [5, 5.41) is 0. The number of benzene rings is 2. The second-order valence-electron chi connectivity index (χ2n) is 5.18. The molecule has 2 aromatic carbocycles. The lowest BCUT2D eigenvalue weighted by Crippen LogP contribution is -2.35.